The predicted molar refractivity (Wildman–Crippen MR) is 110 cm³/mol. The molecule has 1 N–H and O–H groups in total. The largest absolute Gasteiger partial charge is 0.319 e. The number of amides is 1. The molecule has 9 nitrogen and oxygen atoms in total. The summed E-state index contributed by atoms with van der Waals surface area (Å²) in [7, 11) is 0. The van der Waals surface area contributed by atoms with Crippen molar-refractivity contribution in [2.75, 3.05) is 5.32 Å². The van der Waals surface area contributed by atoms with Crippen molar-refractivity contribution in [1.29, 1.82) is 0 Å². The van der Waals surface area contributed by atoms with Gasteiger partial charge in [0.05, 0.1) is 29.9 Å². The molecule has 0 bridgehead atoms. The van der Waals surface area contributed by atoms with Gasteiger partial charge >= 0.3 is 5.69 Å². The Balaban J connectivity index is 1.40. The Morgan fingerprint density at radius 3 is 2.29 bits per heavy atom. The number of nitrogens with one attached hydrogen (secondary N) is 1. The lowest BCUT2D eigenvalue weighted by Gasteiger charge is -2.07. The summed E-state index contributed by atoms with van der Waals surface area (Å²) in [4.78, 5) is 22.6. The van der Waals surface area contributed by atoms with Crippen LogP contribution in [-0.4, -0.2) is 30.4 Å². The van der Waals surface area contributed by atoms with Gasteiger partial charge in [-0.05, 0) is 17.7 Å². The first-order valence-electron chi connectivity index (χ1n) is 9.62. The molecule has 1 amide bonds. The van der Waals surface area contributed by atoms with Crippen LogP contribution in [0.1, 0.15) is 21.5 Å². The third-order valence-electron chi connectivity index (χ3n) is 4.81. The minimum absolute atomic E-state index is 0.133. The smallest absolute Gasteiger partial charge is 0.307 e. The average Bonchev–Trinajstić information content (AvgIpc) is 3.45. The molecule has 0 radical (unpaired) electrons. The Hall–Kier alpha value is -4.55. The lowest BCUT2D eigenvalue weighted by molar-refractivity contribution is -0.385. The van der Waals surface area contributed by atoms with Gasteiger partial charge in [-0.25, -0.2) is 17.6 Å². The molecular formula is C21H14F4N6O3. The summed E-state index contributed by atoms with van der Waals surface area (Å²) >= 11 is 0. The summed E-state index contributed by atoms with van der Waals surface area (Å²) in [5, 5.41) is 21.0. The van der Waals surface area contributed by atoms with Crippen LogP contribution in [-0.2, 0) is 13.1 Å². The van der Waals surface area contributed by atoms with Crippen molar-refractivity contribution in [2.45, 2.75) is 13.1 Å². The number of nitrogens with zero attached hydrogens (tertiary/aromatic N) is 5. The van der Waals surface area contributed by atoms with E-state index in [9.17, 15) is 32.5 Å². The van der Waals surface area contributed by atoms with Gasteiger partial charge < -0.3 is 5.32 Å². The van der Waals surface area contributed by atoms with Gasteiger partial charge in [0.25, 0.3) is 5.91 Å². The van der Waals surface area contributed by atoms with Crippen LogP contribution in [0, 0.1) is 33.4 Å². The van der Waals surface area contributed by atoms with E-state index in [1.54, 1.807) is 24.3 Å². The number of benzene rings is 2. The van der Waals surface area contributed by atoms with E-state index >= 15 is 0 Å². The molecule has 0 saturated heterocycles. The third-order valence-corrected chi connectivity index (χ3v) is 4.81. The lowest BCUT2D eigenvalue weighted by atomic mass is 10.1. The van der Waals surface area contributed by atoms with Gasteiger partial charge in [0.1, 0.15) is 18.2 Å². The number of hydrogen-bond acceptors (Lipinski definition) is 5. The van der Waals surface area contributed by atoms with E-state index in [4.69, 9.17) is 0 Å². The second kappa shape index (κ2) is 9.13. The van der Waals surface area contributed by atoms with E-state index in [0.29, 0.717) is 5.56 Å². The van der Waals surface area contributed by atoms with Gasteiger partial charge in [0.2, 0.25) is 0 Å². The molecule has 0 unspecified atom stereocenters. The molecule has 0 aliphatic carbocycles. The molecule has 0 saturated carbocycles. The standard InChI is InChI=1S/C21H14F4N6O3/c22-17-5-18(23)20(25)19(24)16(17)11-30-9-14(6-26-30)28-21(32)13-3-1-12(2-4-13)8-29-10-15(7-27-29)31(33)34/h1-7,9-10H,8,11H2,(H,28,32). The van der Waals surface area contributed by atoms with Crippen molar-refractivity contribution >= 4 is 17.3 Å². The summed E-state index contributed by atoms with van der Waals surface area (Å²) < 4.78 is 56.6. The second-order valence-electron chi connectivity index (χ2n) is 7.18. The van der Waals surface area contributed by atoms with Crippen molar-refractivity contribution in [2.24, 2.45) is 0 Å². The van der Waals surface area contributed by atoms with Crippen molar-refractivity contribution < 1.29 is 27.3 Å². The number of nitro groups is 1. The summed E-state index contributed by atoms with van der Waals surface area (Å²) in [6.45, 7) is -0.259. The van der Waals surface area contributed by atoms with Crippen LogP contribution in [0.15, 0.2) is 55.1 Å². The number of aromatic nitrogens is 4. The summed E-state index contributed by atoms with van der Waals surface area (Å²) in [6, 6.07) is 6.64. The maximum atomic E-state index is 13.9. The molecule has 0 aliphatic rings. The maximum absolute atomic E-state index is 13.9. The first-order valence-corrected chi connectivity index (χ1v) is 9.62. The Labute approximate surface area is 188 Å². The predicted octanol–water partition coefficient (Wildman–Crippen LogP) is 3.89. The van der Waals surface area contributed by atoms with E-state index in [0.717, 1.165) is 16.4 Å². The van der Waals surface area contributed by atoms with E-state index < -0.39 is 46.2 Å². The van der Waals surface area contributed by atoms with Crippen molar-refractivity contribution in [3.63, 3.8) is 0 Å². The zero-order chi connectivity index (χ0) is 24.4. The maximum Gasteiger partial charge on any atom is 0.307 e. The molecular weight excluding hydrogens is 460 g/mol. The molecule has 0 spiro atoms. The fraction of sp³-hybridized carbons (Fsp3) is 0.0952. The normalized spacial score (nSPS) is 10.9. The quantitative estimate of drug-likeness (QED) is 0.144. The van der Waals surface area contributed by atoms with Crippen LogP contribution in [0.25, 0.3) is 0 Å². The summed E-state index contributed by atoms with van der Waals surface area (Å²) in [5.74, 6) is -6.83. The Morgan fingerprint density at radius 1 is 0.941 bits per heavy atom. The average molecular weight is 474 g/mol. The van der Waals surface area contributed by atoms with Crippen LogP contribution in [0.5, 0.6) is 0 Å². The van der Waals surface area contributed by atoms with E-state index in [1.807, 2.05) is 0 Å². The van der Waals surface area contributed by atoms with Crippen LogP contribution < -0.4 is 5.32 Å². The highest BCUT2D eigenvalue weighted by atomic mass is 19.2. The summed E-state index contributed by atoms with van der Waals surface area (Å²) in [6.07, 6.45) is 4.93. The van der Waals surface area contributed by atoms with Crippen molar-refractivity contribution in [3.05, 3.63) is 105 Å². The van der Waals surface area contributed by atoms with Gasteiger partial charge in [-0.3, -0.25) is 24.3 Å². The number of rotatable bonds is 7. The number of carbonyl (C=O) groups excluding carboxylic acids is 1. The highest BCUT2D eigenvalue weighted by molar-refractivity contribution is 6.04. The van der Waals surface area contributed by atoms with Gasteiger partial charge in [-0.15, -0.1) is 0 Å². The van der Waals surface area contributed by atoms with Crippen LogP contribution in [0.4, 0.5) is 28.9 Å². The van der Waals surface area contributed by atoms with Crippen LogP contribution in [0.3, 0.4) is 0 Å². The molecule has 0 atom stereocenters. The van der Waals surface area contributed by atoms with Gasteiger partial charge in [0, 0.05) is 23.4 Å². The van der Waals surface area contributed by atoms with E-state index in [-0.39, 0.29) is 24.0 Å². The molecule has 0 fully saturated rings. The number of hydrogen-bond donors (Lipinski definition) is 1. The topological polar surface area (TPSA) is 108 Å². The van der Waals surface area contributed by atoms with E-state index in [1.165, 1.54) is 23.3 Å². The first kappa shape index (κ1) is 22.6. The van der Waals surface area contributed by atoms with Crippen LogP contribution in [0.2, 0.25) is 0 Å². The number of anilines is 1. The van der Waals surface area contributed by atoms with Crippen LogP contribution >= 0.6 is 0 Å². The molecule has 174 valence electrons. The lowest BCUT2D eigenvalue weighted by Crippen LogP contribution is -2.12. The molecule has 4 aromatic rings. The van der Waals surface area contributed by atoms with Gasteiger partial charge in [-0.2, -0.15) is 10.2 Å². The fourth-order valence-electron chi connectivity index (χ4n) is 3.11. The highest BCUT2D eigenvalue weighted by Gasteiger charge is 2.19. The number of carbonyl (C=O) groups is 1. The Kier molecular flexibility index (Phi) is 6.08. The monoisotopic (exact) mass is 474 g/mol. The van der Waals surface area contributed by atoms with Gasteiger partial charge in [-0.1, -0.05) is 12.1 Å². The molecule has 0 aliphatic heterocycles. The minimum Gasteiger partial charge on any atom is -0.319 e. The SMILES string of the molecule is O=C(Nc1cnn(Cc2c(F)cc(F)c(F)c2F)c1)c1ccc(Cn2cc([N+](=O)[O-])cn2)cc1. The molecule has 34 heavy (non-hydrogen) atoms. The van der Waals surface area contributed by atoms with Gasteiger partial charge in [0.15, 0.2) is 17.5 Å². The Morgan fingerprint density at radius 2 is 1.62 bits per heavy atom. The fourth-order valence-corrected chi connectivity index (χ4v) is 3.11. The zero-order valence-electron chi connectivity index (χ0n) is 17.1. The van der Waals surface area contributed by atoms with E-state index in [2.05, 4.69) is 15.5 Å². The summed E-state index contributed by atoms with van der Waals surface area (Å²) in [5.41, 5.74) is 0.407. The van der Waals surface area contributed by atoms with Crippen molar-refractivity contribution in [1.82, 2.24) is 19.6 Å². The Bertz CT molecular complexity index is 1380. The first-order chi connectivity index (χ1) is 16.2. The molecule has 13 heteroatoms. The second-order valence-corrected chi connectivity index (χ2v) is 7.18. The molecule has 2 aromatic heterocycles. The zero-order valence-corrected chi connectivity index (χ0v) is 17.1. The molecule has 2 aromatic carbocycles. The third kappa shape index (κ3) is 4.77. The number of halogens is 4. The highest BCUT2D eigenvalue weighted by Crippen LogP contribution is 2.21. The minimum atomic E-state index is -1.79. The molecule has 2 heterocycles. The van der Waals surface area contributed by atoms with Crippen molar-refractivity contribution in [3.8, 4) is 0 Å². The molecule has 4 rings (SSSR count).